The molecule has 1 aromatic carbocycles. The second-order valence-electron chi connectivity index (χ2n) is 6.46. The lowest BCUT2D eigenvalue weighted by Gasteiger charge is -2.07. The van der Waals surface area contributed by atoms with E-state index in [1.54, 1.807) is 6.07 Å². The van der Waals surface area contributed by atoms with Gasteiger partial charge in [0.05, 0.1) is 10.6 Å². The normalized spacial score (nSPS) is 11.3. The molecule has 1 aromatic heterocycles. The van der Waals surface area contributed by atoms with Gasteiger partial charge in [-0.3, -0.25) is 4.79 Å². The Labute approximate surface area is 146 Å². The standard InChI is InChI=1S/C19H21ClO4/c1-10(2)14-9-17(24-18(14)11(3)4)16(21)8-12-5-6-13(19(22)23)15(20)7-12/h5-7,9-11H,8H2,1-4H3,(H,22,23). The van der Waals surface area contributed by atoms with Crippen LogP contribution in [0.5, 0.6) is 0 Å². The van der Waals surface area contributed by atoms with Gasteiger partial charge in [-0.05, 0) is 35.2 Å². The van der Waals surface area contributed by atoms with E-state index < -0.39 is 5.97 Å². The fourth-order valence-electron chi connectivity index (χ4n) is 2.57. The molecule has 4 nitrogen and oxygen atoms in total. The molecule has 128 valence electrons. The number of halogens is 1. The Balaban J connectivity index is 2.26. The minimum absolute atomic E-state index is 0.0232. The molecule has 0 aliphatic carbocycles. The molecule has 0 aliphatic heterocycles. The zero-order valence-corrected chi connectivity index (χ0v) is 15.0. The van der Waals surface area contributed by atoms with E-state index in [1.165, 1.54) is 12.1 Å². The fourth-order valence-corrected chi connectivity index (χ4v) is 2.86. The fraction of sp³-hybridized carbons (Fsp3) is 0.368. The molecule has 1 N–H and O–H groups in total. The summed E-state index contributed by atoms with van der Waals surface area (Å²) in [5.74, 6) is 0.411. The van der Waals surface area contributed by atoms with Gasteiger partial charge in [0.15, 0.2) is 5.76 Å². The lowest BCUT2D eigenvalue weighted by atomic mass is 9.97. The Bertz CT molecular complexity index is 746. The van der Waals surface area contributed by atoms with Crippen LogP contribution in [0, 0.1) is 0 Å². The van der Waals surface area contributed by atoms with Crippen molar-refractivity contribution >= 4 is 23.4 Å². The predicted octanol–water partition coefficient (Wildman–Crippen LogP) is 5.30. The van der Waals surface area contributed by atoms with E-state index in [0.717, 1.165) is 11.3 Å². The van der Waals surface area contributed by atoms with Gasteiger partial charge in [-0.25, -0.2) is 4.79 Å². The summed E-state index contributed by atoms with van der Waals surface area (Å²) in [5.41, 5.74) is 1.73. The van der Waals surface area contributed by atoms with Crippen molar-refractivity contribution < 1.29 is 19.1 Å². The van der Waals surface area contributed by atoms with Crippen LogP contribution < -0.4 is 0 Å². The number of hydrogen-bond donors (Lipinski definition) is 1. The van der Waals surface area contributed by atoms with Gasteiger partial charge in [-0.1, -0.05) is 45.4 Å². The number of hydrogen-bond acceptors (Lipinski definition) is 3. The molecule has 0 spiro atoms. The van der Waals surface area contributed by atoms with Crippen LogP contribution in [0.1, 0.15) is 77.3 Å². The number of aromatic carboxylic acids is 1. The number of carboxylic acid groups (broad SMARTS) is 1. The number of rotatable bonds is 6. The van der Waals surface area contributed by atoms with Crippen molar-refractivity contribution in [2.75, 3.05) is 0 Å². The Kier molecular flexibility index (Phi) is 5.50. The molecule has 0 unspecified atom stereocenters. The Morgan fingerprint density at radius 3 is 2.25 bits per heavy atom. The maximum Gasteiger partial charge on any atom is 0.337 e. The summed E-state index contributed by atoms with van der Waals surface area (Å²) in [4.78, 5) is 23.5. The van der Waals surface area contributed by atoms with Gasteiger partial charge in [0.25, 0.3) is 0 Å². The zero-order valence-electron chi connectivity index (χ0n) is 14.2. The van der Waals surface area contributed by atoms with Crippen LogP contribution in [0.25, 0.3) is 0 Å². The average Bonchev–Trinajstić information content (AvgIpc) is 2.92. The van der Waals surface area contributed by atoms with Crippen molar-refractivity contribution in [3.8, 4) is 0 Å². The molecule has 0 bridgehead atoms. The molecule has 5 heteroatoms. The van der Waals surface area contributed by atoms with Gasteiger partial charge in [0.2, 0.25) is 5.78 Å². The highest BCUT2D eigenvalue weighted by Gasteiger charge is 2.21. The highest BCUT2D eigenvalue weighted by molar-refractivity contribution is 6.33. The van der Waals surface area contributed by atoms with Crippen LogP contribution in [-0.4, -0.2) is 16.9 Å². The molecule has 0 radical (unpaired) electrons. The first-order valence-electron chi connectivity index (χ1n) is 7.89. The Hall–Kier alpha value is -2.07. The van der Waals surface area contributed by atoms with Crippen molar-refractivity contribution in [3.05, 3.63) is 57.5 Å². The first kappa shape index (κ1) is 18.3. The zero-order chi connectivity index (χ0) is 18.0. The summed E-state index contributed by atoms with van der Waals surface area (Å²) in [5, 5.41) is 9.11. The van der Waals surface area contributed by atoms with Crippen LogP contribution in [0.3, 0.4) is 0 Å². The minimum atomic E-state index is -1.09. The molecule has 0 aliphatic rings. The average molecular weight is 349 g/mol. The second kappa shape index (κ2) is 7.22. The molecule has 2 aromatic rings. The maximum absolute atomic E-state index is 12.5. The van der Waals surface area contributed by atoms with Crippen molar-refractivity contribution in [2.24, 2.45) is 0 Å². The van der Waals surface area contributed by atoms with Crippen molar-refractivity contribution in [1.29, 1.82) is 0 Å². The molecule has 0 amide bonds. The summed E-state index contributed by atoms with van der Waals surface area (Å²) in [6, 6.07) is 6.34. The van der Waals surface area contributed by atoms with Crippen LogP contribution in [0.2, 0.25) is 5.02 Å². The van der Waals surface area contributed by atoms with Crippen LogP contribution in [0.4, 0.5) is 0 Å². The molecule has 24 heavy (non-hydrogen) atoms. The van der Waals surface area contributed by atoms with E-state index in [1.807, 2.05) is 19.9 Å². The summed E-state index contributed by atoms with van der Waals surface area (Å²) in [7, 11) is 0. The molecule has 1 heterocycles. The van der Waals surface area contributed by atoms with E-state index in [-0.39, 0.29) is 34.6 Å². The molecule has 0 saturated heterocycles. The van der Waals surface area contributed by atoms with E-state index in [4.69, 9.17) is 21.1 Å². The van der Waals surface area contributed by atoms with Gasteiger partial charge in [-0.15, -0.1) is 0 Å². The smallest absolute Gasteiger partial charge is 0.337 e. The first-order chi connectivity index (χ1) is 11.2. The quantitative estimate of drug-likeness (QED) is 0.719. The number of carboxylic acids is 1. The third-order valence-electron chi connectivity index (χ3n) is 3.84. The summed E-state index contributed by atoms with van der Waals surface area (Å²) in [6.45, 7) is 8.19. The molecule has 2 rings (SSSR count). The van der Waals surface area contributed by atoms with E-state index in [2.05, 4.69) is 13.8 Å². The van der Waals surface area contributed by atoms with Gasteiger partial charge >= 0.3 is 5.97 Å². The number of Topliss-reactive ketones (excluding diaryl/α,β-unsaturated/α-hetero) is 1. The highest BCUT2D eigenvalue weighted by Crippen LogP contribution is 2.30. The SMILES string of the molecule is CC(C)c1cc(C(=O)Cc2ccc(C(=O)O)c(Cl)c2)oc1C(C)C. The number of furan rings is 1. The number of carbonyl (C=O) groups is 2. The lowest BCUT2D eigenvalue weighted by Crippen LogP contribution is -2.04. The van der Waals surface area contributed by atoms with Gasteiger partial charge in [0, 0.05) is 12.3 Å². The number of ketones is 1. The molecular weight excluding hydrogens is 328 g/mol. The Morgan fingerprint density at radius 1 is 1.12 bits per heavy atom. The number of benzene rings is 1. The third-order valence-corrected chi connectivity index (χ3v) is 4.15. The highest BCUT2D eigenvalue weighted by atomic mass is 35.5. The molecule has 0 fully saturated rings. The summed E-state index contributed by atoms with van der Waals surface area (Å²) >= 11 is 5.95. The van der Waals surface area contributed by atoms with E-state index in [0.29, 0.717) is 11.3 Å². The lowest BCUT2D eigenvalue weighted by molar-refractivity contribution is 0.0697. The first-order valence-corrected chi connectivity index (χ1v) is 8.27. The second-order valence-corrected chi connectivity index (χ2v) is 6.87. The predicted molar refractivity (Wildman–Crippen MR) is 93.3 cm³/mol. The van der Waals surface area contributed by atoms with Gasteiger partial charge in [-0.2, -0.15) is 0 Å². The number of carbonyl (C=O) groups excluding carboxylic acids is 1. The van der Waals surface area contributed by atoms with E-state index >= 15 is 0 Å². The van der Waals surface area contributed by atoms with Crippen molar-refractivity contribution in [3.63, 3.8) is 0 Å². The topological polar surface area (TPSA) is 67.5 Å². The van der Waals surface area contributed by atoms with Crippen LogP contribution >= 0.6 is 11.6 Å². The monoisotopic (exact) mass is 348 g/mol. The molecule has 0 saturated carbocycles. The Morgan fingerprint density at radius 2 is 1.79 bits per heavy atom. The van der Waals surface area contributed by atoms with E-state index in [9.17, 15) is 9.59 Å². The van der Waals surface area contributed by atoms with Crippen LogP contribution in [-0.2, 0) is 6.42 Å². The maximum atomic E-state index is 12.5. The van der Waals surface area contributed by atoms with Crippen LogP contribution in [0.15, 0.2) is 28.7 Å². The van der Waals surface area contributed by atoms with Gasteiger partial charge < -0.3 is 9.52 Å². The minimum Gasteiger partial charge on any atom is -0.478 e. The van der Waals surface area contributed by atoms with Gasteiger partial charge in [0.1, 0.15) is 5.76 Å². The van der Waals surface area contributed by atoms with Crippen molar-refractivity contribution in [1.82, 2.24) is 0 Å². The summed E-state index contributed by atoms with van der Waals surface area (Å²) in [6.07, 6.45) is 0.113. The third kappa shape index (κ3) is 3.88. The summed E-state index contributed by atoms with van der Waals surface area (Å²) < 4.78 is 5.79. The van der Waals surface area contributed by atoms with Crippen molar-refractivity contribution in [2.45, 2.75) is 46.0 Å². The molecular formula is C19H21ClO4. The largest absolute Gasteiger partial charge is 0.478 e. The molecule has 0 atom stereocenters.